The fraction of sp³-hybridized carbons (Fsp3) is 0.250. The standard InChI is InChI=1S/C4H5NO2/c6-4-5(7)2-1-3-5/h1-2,4H,3H2. The topological polar surface area (TPSA) is 40.1 Å². The van der Waals surface area contributed by atoms with Crippen molar-refractivity contribution in [3.8, 4) is 0 Å². The molecule has 1 aliphatic rings. The molecule has 1 amide bonds. The average Bonchev–Trinajstić information content (AvgIpc) is 1.61. The van der Waals surface area contributed by atoms with Crippen molar-refractivity contribution in [2.24, 2.45) is 0 Å². The second-order valence-corrected chi connectivity index (χ2v) is 1.53. The number of hydrogen-bond donors (Lipinski definition) is 0. The van der Waals surface area contributed by atoms with Gasteiger partial charge in [0, 0.05) is 6.08 Å². The van der Waals surface area contributed by atoms with E-state index in [2.05, 4.69) is 0 Å². The van der Waals surface area contributed by atoms with Crippen molar-refractivity contribution < 1.29 is 9.44 Å². The third-order valence-corrected chi connectivity index (χ3v) is 0.927. The minimum Gasteiger partial charge on any atom is -0.620 e. The molecule has 0 aromatic heterocycles. The van der Waals surface area contributed by atoms with Gasteiger partial charge in [-0.1, -0.05) is 0 Å². The molecule has 1 unspecified atom stereocenters. The Kier molecular flexibility index (Phi) is 0.736. The molecule has 38 valence electrons. The SMILES string of the molecule is O=C[N+]1([O-])C=CC1. The molecule has 0 aromatic carbocycles. The Morgan fingerprint density at radius 1 is 1.86 bits per heavy atom. The molecule has 1 heterocycles. The number of quaternary nitrogens is 1. The van der Waals surface area contributed by atoms with Crippen molar-refractivity contribution in [3.05, 3.63) is 17.5 Å². The molecule has 0 spiro atoms. The maximum atomic E-state index is 10.4. The summed E-state index contributed by atoms with van der Waals surface area (Å²) in [6.45, 7) is 0.309. The van der Waals surface area contributed by atoms with Gasteiger partial charge in [-0.3, -0.25) is 4.65 Å². The van der Waals surface area contributed by atoms with Gasteiger partial charge >= 0.3 is 6.41 Å². The van der Waals surface area contributed by atoms with E-state index in [9.17, 15) is 10.0 Å². The predicted octanol–water partition coefficient (Wildman–Crippen LogP) is -0.0153. The zero-order chi connectivity index (χ0) is 5.33. The van der Waals surface area contributed by atoms with Gasteiger partial charge in [-0.15, -0.1) is 0 Å². The molecule has 0 aliphatic carbocycles. The molecule has 1 rings (SSSR count). The molecule has 1 atom stereocenters. The number of carbonyl (C=O) groups excluding carboxylic acids is 1. The molecule has 0 aromatic rings. The summed E-state index contributed by atoms with van der Waals surface area (Å²) in [4.78, 5) is 9.72. The molecule has 0 saturated carbocycles. The number of amides is 1. The Hall–Kier alpha value is -0.670. The first-order valence-electron chi connectivity index (χ1n) is 1.99. The summed E-state index contributed by atoms with van der Waals surface area (Å²) in [6, 6.07) is 0. The summed E-state index contributed by atoms with van der Waals surface area (Å²) in [5, 5.41) is 10.4. The van der Waals surface area contributed by atoms with Gasteiger partial charge in [0.25, 0.3) is 0 Å². The van der Waals surface area contributed by atoms with Crippen molar-refractivity contribution >= 4 is 6.41 Å². The van der Waals surface area contributed by atoms with Crippen LogP contribution in [0, 0.1) is 5.21 Å². The lowest BCUT2D eigenvalue weighted by atomic mass is 10.4. The van der Waals surface area contributed by atoms with Gasteiger partial charge in [0.15, 0.2) is 0 Å². The monoisotopic (exact) mass is 99.0 g/mol. The van der Waals surface area contributed by atoms with E-state index in [1.807, 2.05) is 0 Å². The molecule has 0 radical (unpaired) electrons. The van der Waals surface area contributed by atoms with E-state index in [0.717, 1.165) is 0 Å². The van der Waals surface area contributed by atoms with Crippen LogP contribution >= 0.6 is 0 Å². The summed E-state index contributed by atoms with van der Waals surface area (Å²) in [7, 11) is 0. The van der Waals surface area contributed by atoms with Gasteiger partial charge in [0.05, 0.1) is 0 Å². The quantitative estimate of drug-likeness (QED) is 0.263. The number of hydrogen-bond acceptors (Lipinski definition) is 2. The summed E-state index contributed by atoms with van der Waals surface area (Å²) in [5.41, 5.74) is 0. The second-order valence-electron chi connectivity index (χ2n) is 1.53. The fourth-order valence-corrected chi connectivity index (χ4v) is 0.391. The van der Waals surface area contributed by atoms with Crippen LogP contribution in [-0.4, -0.2) is 17.6 Å². The molecule has 0 bridgehead atoms. The number of rotatable bonds is 1. The van der Waals surface area contributed by atoms with Gasteiger partial charge in [-0.25, -0.2) is 4.79 Å². The van der Waals surface area contributed by atoms with Gasteiger partial charge in [0.2, 0.25) is 0 Å². The smallest absolute Gasteiger partial charge is 0.306 e. The highest BCUT2D eigenvalue weighted by atomic mass is 16.6. The summed E-state index contributed by atoms with van der Waals surface area (Å²) >= 11 is 0. The van der Waals surface area contributed by atoms with Crippen molar-refractivity contribution in [1.29, 1.82) is 0 Å². The van der Waals surface area contributed by atoms with Crippen LogP contribution in [0.5, 0.6) is 0 Å². The predicted molar refractivity (Wildman–Crippen MR) is 23.7 cm³/mol. The van der Waals surface area contributed by atoms with Crippen molar-refractivity contribution in [2.75, 3.05) is 6.54 Å². The van der Waals surface area contributed by atoms with Gasteiger partial charge in [0.1, 0.15) is 12.7 Å². The molecule has 0 N–H and O–H groups in total. The Balaban J connectivity index is 2.64. The Labute approximate surface area is 41.0 Å². The first kappa shape index (κ1) is 4.49. The van der Waals surface area contributed by atoms with E-state index >= 15 is 0 Å². The average molecular weight is 99.1 g/mol. The third kappa shape index (κ3) is 0.554. The third-order valence-electron chi connectivity index (χ3n) is 0.927. The van der Waals surface area contributed by atoms with Crippen LogP contribution in [0.25, 0.3) is 0 Å². The summed E-state index contributed by atoms with van der Waals surface area (Å²) in [5.74, 6) is 0. The molecule has 0 fully saturated rings. The van der Waals surface area contributed by atoms with Crippen LogP contribution in [-0.2, 0) is 4.79 Å². The van der Waals surface area contributed by atoms with Crippen LogP contribution < -0.4 is 0 Å². The highest BCUT2D eigenvalue weighted by molar-refractivity contribution is 5.40. The lowest BCUT2D eigenvalue weighted by Gasteiger charge is -2.35. The molecular formula is C4H5NO2. The Morgan fingerprint density at radius 2 is 2.43 bits per heavy atom. The number of carbonyl (C=O) groups is 1. The molecule has 3 heteroatoms. The van der Waals surface area contributed by atoms with Gasteiger partial charge < -0.3 is 5.21 Å². The Bertz CT molecular complexity index is 121. The number of nitrogens with zero attached hydrogens (tertiary/aromatic N) is 1. The van der Waals surface area contributed by atoms with E-state index in [0.29, 0.717) is 13.0 Å². The summed E-state index contributed by atoms with van der Waals surface area (Å²) < 4.78 is -0.792. The van der Waals surface area contributed by atoms with E-state index in [4.69, 9.17) is 0 Å². The van der Waals surface area contributed by atoms with Crippen LogP contribution in [0.2, 0.25) is 0 Å². The molecular weight excluding hydrogens is 94.0 g/mol. The fourth-order valence-electron chi connectivity index (χ4n) is 0.391. The van der Waals surface area contributed by atoms with E-state index in [-0.39, 0.29) is 0 Å². The highest BCUT2D eigenvalue weighted by Crippen LogP contribution is 2.09. The van der Waals surface area contributed by atoms with Crippen LogP contribution in [0.1, 0.15) is 0 Å². The van der Waals surface area contributed by atoms with Crippen LogP contribution in [0.4, 0.5) is 0 Å². The van der Waals surface area contributed by atoms with Gasteiger partial charge in [-0.2, -0.15) is 0 Å². The molecule has 1 aliphatic heterocycles. The largest absolute Gasteiger partial charge is 0.620 e. The van der Waals surface area contributed by atoms with Crippen molar-refractivity contribution in [3.63, 3.8) is 0 Å². The second kappa shape index (κ2) is 1.15. The van der Waals surface area contributed by atoms with Crippen molar-refractivity contribution in [1.82, 2.24) is 0 Å². The van der Waals surface area contributed by atoms with E-state index in [1.54, 1.807) is 6.08 Å². The first-order chi connectivity index (χ1) is 3.27. The lowest BCUT2D eigenvalue weighted by Crippen LogP contribution is -2.40. The highest BCUT2D eigenvalue weighted by Gasteiger charge is 2.16. The Morgan fingerprint density at radius 3 is 2.43 bits per heavy atom. The number of hydroxylamine groups is 3. The lowest BCUT2D eigenvalue weighted by molar-refractivity contribution is -0.751. The zero-order valence-corrected chi connectivity index (χ0v) is 3.70. The van der Waals surface area contributed by atoms with Gasteiger partial charge in [-0.05, 0) is 0 Å². The minimum atomic E-state index is -0.792. The zero-order valence-electron chi connectivity index (χ0n) is 3.70. The minimum absolute atomic E-state index is 0.309. The molecule has 0 saturated heterocycles. The van der Waals surface area contributed by atoms with Crippen molar-refractivity contribution in [2.45, 2.75) is 0 Å². The maximum absolute atomic E-state index is 10.4. The molecule has 7 heavy (non-hydrogen) atoms. The van der Waals surface area contributed by atoms with E-state index in [1.165, 1.54) is 6.20 Å². The van der Waals surface area contributed by atoms with Crippen LogP contribution in [0.3, 0.4) is 0 Å². The normalized spacial score (nSPS) is 37.3. The van der Waals surface area contributed by atoms with E-state index < -0.39 is 4.65 Å². The maximum Gasteiger partial charge on any atom is 0.306 e. The summed E-state index contributed by atoms with van der Waals surface area (Å²) in [6.07, 6.45) is 3.36. The molecule has 3 nitrogen and oxygen atoms in total. The van der Waals surface area contributed by atoms with Crippen LogP contribution in [0.15, 0.2) is 12.3 Å². The first-order valence-corrected chi connectivity index (χ1v) is 1.99.